The van der Waals surface area contributed by atoms with Crippen molar-refractivity contribution in [3.63, 3.8) is 0 Å². The Bertz CT molecular complexity index is 764. The fourth-order valence-electron chi connectivity index (χ4n) is 2.17. The third-order valence-electron chi connectivity index (χ3n) is 3.60. The minimum absolute atomic E-state index is 0.0222. The van der Waals surface area contributed by atoms with Crippen molar-refractivity contribution in [3.05, 3.63) is 30.0 Å². The Kier molecular flexibility index (Phi) is 4.56. The molecule has 9 heteroatoms. The zero-order valence-corrected chi connectivity index (χ0v) is 13.6. The molecule has 134 valence electrons. The number of rotatable bonds is 6. The van der Waals surface area contributed by atoms with E-state index in [1.54, 1.807) is 18.2 Å². The first kappa shape index (κ1) is 17.1. The van der Waals surface area contributed by atoms with Crippen LogP contribution in [0.25, 0.3) is 0 Å². The zero-order chi connectivity index (χ0) is 18.0. The summed E-state index contributed by atoms with van der Waals surface area (Å²) in [7, 11) is 2.97. The molecule has 0 radical (unpaired) electrons. The van der Waals surface area contributed by atoms with Gasteiger partial charge in [0, 0.05) is 18.2 Å². The summed E-state index contributed by atoms with van der Waals surface area (Å²) < 4.78 is 49.6. The lowest BCUT2D eigenvalue weighted by molar-refractivity contribution is -0.141. The fraction of sp³-hybridized carbons (Fsp3) is 0.375. The summed E-state index contributed by atoms with van der Waals surface area (Å²) in [5, 5.41) is 5.74. The molecule has 0 bridgehead atoms. The number of alkyl halides is 3. The van der Waals surface area contributed by atoms with Crippen LogP contribution < -0.4 is 20.1 Å². The van der Waals surface area contributed by atoms with Crippen LogP contribution in [0.3, 0.4) is 0 Å². The van der Waals surface area contributed by atoms with E-state index in [9.17, 15) is 13.2 Å². The highest BCUT2D eigenvalue weighted by molar-refractivity contribution is 5.66. The molecule has 0 unspecified atom stereocenters. The first-order chi connectivity index (χ1) is 11.9. The van der Waals surface area contributed by atoms with Gasteiger partial charge in [-0.15, -0.1) is 0 Å². The Morgan fingerprint density at radius 1 is 1.08 bits per heavy atom. The van der Waals surface area contributed by atoms with E-state index in [4.69, 9.17) is 9.47 Å². The maximum absolute atomic E-state index is 13.1. The number of halogens is 3. The first-order valence-electron chi connectivity index (χ1n) is 7.61. The number of nitrogens with one attached hydrogen (secondary N) is 2. The second kappa shape index (κ2) is 6.66. The molecule has 6 nitrogen and oxygen atoms in total. The topological polar surface area (TPSA) is 68.3 Å². The van der Waals surface area contributed by atoms with E-state index in [0.717, 1.165) is 18.9 Å². The van der Waals surface area contributed by atoms with Gasteiger partial charge >= 0.3 is 6.18 Å². The van der Waals surface area contributed by atoms with Crippen molar-refractivity contribution in [1.29, 1.82) is 0 Å². The second-order valence-electron chi connectivity index (χ2n) is 5.57. The van der Waals surface area contributed by atoms with Crippen LogP contribution in [0.5, 0.6) is 11.5 Å². The number of methoxy groups -OCH3 is 2. The van der Waals surface area contributed by atoms with Gasteiger partial charge in [-0.25, -0.2) is 4.98 Å². The molecule has 25 heavy (non-hydrogen) atoms. The molecule has 0 spiro atoms. The van der Waals surface area contributed by atoms with Crippen LogP contribution in [0.2, 0.25) is 0 Å². The maximum atomic E-state index is 13.1. The van der Waals surface area contributed by atoms with Gasteiger partial charge in [-0.2, -0.15) is 18.2 Å². The summed E-state index contributed by atoms with van der Waals surface area (Å²) in [5.41, 5.74) is -0.548. The average molecular weight is 354 g/mol. The monoisotopic (exact) mass is 354 g/mol. The molecule has 3 rings (SSSR count). The molecule has 1 heterocycles. The van der Waals surface area contributed by atoms with Gasteiger partial charge in [0.1, 0.15) is 17.3 Å². The lowest BCUT2D eigenvalue weighted by atomic mass is 10.2. The van der Waals surface area contributed by atoms with Gasteiger partial charge in [0.2, 0.25) is 5.95 Å². The van der Waals surface area contributed by atoms with Crippen LogP contribution in [0.4, 0.5) is 30.6 Å². The highest BCUT2D eigenvalue weighted by atomic mass is 19.4. The van der Waals surface area contributed by atoms with E-state index >= 15 is 0 Å². The predicted molar refractivity (Wildman–Crippen MR) is 86.5 cm³/mol. The van der Waals surface area contributed by atoms with Crippen LogP contribution in [-0.2, 0) is 6.18 Å². The van der Waals surface area contributed by atoms with E-state index < -0.39 is 11.9 Å². The number of aromatic nitrogens is 2. The molecule has 1 aliphatic rings. The number of benzene rings is 1. The smallest absolute Gasteiger partial charge is 0.433 e. The summed E-state index contributed by atoms with van der Waals surface area (Å²) >= 11 is 0. The van der Waals surface area contributed by atoms with Crippen LogP contribution in [0, 0.1) is 0 Å². The van der Waals surface area contributed by atoms with Crippen molar-refractivity contribution >= 4 is 17.5 Å². The van der Waals surface area contributed by atoms with Gasteiger partial charge in [0.25, 0.3) is 0 Å². The van der Waals surface area contributed by atoms with Gasteiger partial charge in [-0.1, -0.05) is 0 Å². The number of hydrogen-bond donors (Lipinski definition) is 2. The molecule has 2 N–H and O–H groups in total. The SMILES string of the molecule is COc1ccc(Nc2cc(C(F)(F)F)nc(NC3CC3)n2)c(OC)c1. The zero-order valence-electron chi connectivity index (χ0n) is 13.6. The quantitative estimate of drug-likeness (QED) is 0.822. The molecule has 1 saturated carbocycles. The van der Waals surface area contributed by atoms with E-state index in [-0.39, 0.29) is 17.8 Å². The first-order valence-corrected chi connectivity index (χ1v) is 7.61. The van der Waals surface area contributed by atoms with Gasteiger partial charge < -0.3 is 20.1 Å². The maximum Gasteiger partial charge on any atom is 0.433 e. The van der Waals surface area contributed by atoms with Crippen LogP contribution >= 0.6 is 0 Å². The molecule has 2 aromatic rings. The van der Waals surface area contributed by atoms with Gasteiger partial charge in [-0.3, -0.25) is 0 Å². The van der Waals surface area contributed by atoms with Crippen LogP contribution in [0.15, 0.2) is 24.3 Å². The minimum Gasteiger partial charge on any atom is -0.497 e. The summed E-state index contributed by atoms with van der Waals surface area (Å²) in [6, 6.07) is 5.92. The van der Waals surface area contributed by atoms with Gasteiger partial charge in [-0.05, 0) is 25.0 Å². The summed E-state index contributed by atoms with van der Waals surface area (Å²) in [6.07, 6.45) is -2.77. The largest absolute Gasteiger partial charge is 0.497 e. The van der Waals surface area contributed by atoms with E-state index in [1.165, 1.54) is 14.2 Å². The van der Waals surface area contributed by atoms with E-state index in [0.29, 0.717) is 17.2 Å². The van der Waals surface area contributed by atoms with Crippen LogP contribution in [0.1, 0.15) is 18.5 Å². The molecule has 1 aromatic heterocycles. The predicted octanol–water partition coefficient (Wildman–Crippen LogP) is 3.83. The Morgan fingerprint density at radius 3 is 2.44 bits per heavy atom. The van der Waals surface area contributed by atoms with Crippen molar-refractivity contribution in [2.45, 2.75) is 25.1 Å². The molecule has 1 fully saturated rings. The van der Waals surface area contributed by atoms with Crippen molar-refractivity contribution < 1.29 is 22.6 Å². The molecule has 0 atom stereocenters. The standard InChI is InChI=1S/C16H17F3N4O2/c1-24-10-5-6-11(12(7-10)25-2)21-14-8-13(16(17,18)19)22-15(23-14)20-9-3-4-9/h5-9H,3-4H2,1-2H3,(H2,20,21,22,23). The lowest BCUT2D eigenvalue weighted by Gasteiger charge is -2.15. The Balaban J connectivity index is 1.93. The average Bonchev–Trinajstić information content (AvgIpc) is 3.38. The molecular weight excluding hydrogens is 337 g/mol. The number of ether oxygens (including phenoxy) is 2. The number of hydrogen-bond acceptors (Lipinski definition) is 6. The Hall–Kier alpha value is -2.71. The highest BCUT2D eigenvalue weighted by Crippen LogP contribution is 2.34. The van der Waals surface area contributed by atoms with E-state index in [2.05, 4.69) is 20.6 Å². The van der Waals surface area contributed by atoms with Crippen LogP contribution in [-0.4, -0.2) is 30.2 Å². The summed E-state index contributed by atoms with van der Waals surface area (Å²) in [5.74, 6) is 0.960. The lowest BCUT2D eigenvalue weighted by Crippen LogP contribution is -2.14. The summed E-state index contributed by atoms with van der Waals surface area (Å²) in [6.45, 7) is 0. The van der Waals surface area contributed by atoms with Crippen molar-refractivity contribution in [2.24, 2.45) is 0 Å². The minimum atomic E-state index is -4.57. The third-order valence-corrected chi connectivity index (χ3v) is 3.60. The van der Waals surface area contributed by atoms with E-state index in [1.807, 2.05) is 0 Å². The highest BCUT2D eigenvalue weighted by Gasteiger charge is 2.34. The fourth-order valence-corrected chi connectivity index (χ4v) is 2.17. The van der Waals surface area contributed by atoms with Crippen molar-refractivity contribution in [1.82, 2.24) is 9.97 Å². The van der Waals surface area contributed by atoms with Gasteiger partial charge in [0.05, 0.1) is 19.9 Å². The molecule has 0 amide bonds. The number of anilines is 3. The third kappa shape index (κ3) is 4.23. The Morgan fingerprint density at radius 2 is 1.84 bits per heavy atom. The molecule has 1 aliphatic carbocycles. The second-order valence-corrected chi connectivity index (χ2v) is 5.57. The molecule has 0 saturated heterocycles. The summed E-state index contributed by atoms with van der Waals surface area (Å²) in [4.78, 5) is 7.68. The number of nitrogens with zero attached hydrogens (tertiary/aromatic N) is 2. The molecular formula is C16H17F3N4O2. The van der Waals surface area contributed by atoms with Crippen molar-refractivity contribution in [3.8, 4) is 11.5 Å². The normalized spacial score (nSPS) is 14.1. The molecule has 0 aliphatic heterocycles. The van der Waals surface area contributed by atoms with Gasteiger partial charge in [0.15, 0.2) is 5.69 Å². The molecule has 1 aromatic carbocycles. The Labute approximate surface area is 142 Å². The van der Waals surface area contributed by atoms with Crippen molar-refractivity contribution in [2.75, 3.05) is 24.9 Å².